The average molecular weight is 336 g/mol. The molecule has 0 atom stereocenters. The van der Waals surface area contributed by atoms with Crippen LogP contribution in [0.2, 0.25) is 5.02 Å². The fourth-order valence-corrected chi connectivity index (χ4v) is 1.89. The maximum Gasteiger partial charge on any atom is 0.411 e. The number of alkyl halides is 6. The van der Waals surface area contributed by atoms with Crippen molar-refractivity contribution < 1.29 is 26.3 Å². The Hall–Kier alpha value is -1.45. The van der Waals surface area contributed by atoms with E-state index in [9.17, 15) is 31.1 Å². The molecule has 0 unspecified atom stereocenters. The summed E-state index contributed by atoms with van der Waals surface area (Å²) >= 11 is 5.54. The lowest BCUT2D eigenvalue weighted by molar-refractivity contribution is -0.151. The highest BCUT2D eigenvalue weighted by Gasteiger charge is 2.63. The first-order chi connectivity index (χ1) is 9.45. The van der Waals surface area contributed by atoms with E-state index in [-0.39, 0.29) is 17.5 Å². The quantitative estimate of drug-likeness (QED) is 0.864. The maximum absolute atomic E-state index is 12.8. The third-order valence-electron chi connectivity index (χ3n) is 2.98. The molecule has 0 saturated heterocycles. The van der Waals surface area contributed by atoms with Crippen LogP contribution in [0, 0.1) is 0 Å². The standard InChI is InChI=1S/C10H8ClF6N3O/c11-6-5(19-8(1-2-8)10(15,16)17)3-18-20(7(6)21)4-9(12,13)14/h3,19H,1-2,4H2. The highest BCUT2D eigenvalue weighted by molar-refractivity contribution is 6.33. The molecule has 0 bridgehead atoms. The summed E-state index contributed by atoms with van der Waals surface area (Å²) in [5.74, 6) is 0. The Bertz CT molecular complexity index is 604. The summed E-state index contributed by atoms with van der Waals surface area (Å²) in [5, 5.41) is 4.48. The van der Waals surface area contributed by atoms with Gasteiger partial charge >= 0.3 is 12.4 Å². The van der Waals surface area contributed by atoms with Gasteiger partial charge in [0.15, 0.2) is 0 Å². The van der Waals surface area contributed by atoms with Crippen LogP contribution in [0.5, 0.6) is 0 Å². The minimum atomic E-state index is -4.70. The van der Waals surface area contributed by atoms with Gasteiger partial charge in [0.1, 0.15) is 17.1 Å². The molecular formula is C10H8ClF6N3O. The molecule has 118 valence electrons. The number of hydrogen-bond donors (Lipinski definition) is 1. The molecule has 1 saturated carbocycles. The van der Waals surface area contributed by atoms with Crippen molar-refractivity contribution in [1.29, 1.82) is 0 Å². The van der Waals surface area contributed by atoms with Crippen molar-refractivity contribution in [3.63, 3.8) is 0 Å². The first kappa shape index (κ1) is 15.9. The Balaban J connectivity index is 2.28. The Kier molecular flexibility index (Phi) is 3.63. The molecule has 0 amide bonds. The average Bonchev–Trinajstić information content (AvgIpc) is 3.08. The Morgan fingerprint density at radius 1 is 1.29 bits per heavy atom. The van der Waals surface area contributed by atoms with Crippen molar-refractivity contribution in [3.8, 4) is 0 Å². The number of halogens is 7. The van der Waals surface area contributed by atoms with E-state index in [1.54, 1.807) is 0 Å². The van der Waals surface area contributed by atoms with Crippen LogP contribution in [0.1, 0.15) is 12.8 Å². The van der Waals surface area contributed by atoms with E-state index in [1.165, 1.54) is 0 Å². The van der Waals surface area contributed by atoms with Crippen molar-refractivity contribution in [2.45, 2.75) is 37.3 Å². The van der Waals surface area contributed by atoms with Crippen LogP contribution in [0.25, 0.3) is 0 Å². The summed E-state index contributed by atoms with van der Waals surface area (Å²) in [6.07, 6.45) is -8.99. The number of hydrogen-bond acceptors (Lipinski definition) is 3. The molecule has 4 nitrogen and oxygen atoms in total. The highest BCUT2D eigenvalue weighted by Crippen LogP contribution is 2.51. The molecule has 1 aromatic rings. The van der Waals surface area contributed by atoms with E-state index in [0.29, 0.717) is 6.20 Å². The van der Waals surface area contributed by atoms with Gasteiger partial charge in [-0.1, -0.05) is 11.6 Å². The van der Waals surface area contributed by atoms with Crippen LogP contribution in [0.15, 0.2) is 11.0 Å². The van der Waals surface area contributed by atoms with Crippen LogP contribution >= 0.6 is 11.6 Å². The molecule has 0 aromatic carbocycles. The lowest BCUT2D eigenvalue weighted by Crippen LogP contribution is -2.39. The summed E-state index contributed by atoms with van der Waals surface area (Å²) in [7, 11) is 0. The Morgan fingerprint density at radius 2 is 1.86 bits per heavy atom. The first-order valence-electron chi connectivity index (χ1n) is 5.62. The number of rotatable bonds is 3. The molecule has 0 spiro atoms. The van der Waals surface area contributed by atoms with Gasteiger partial charge in [-0.25, -0.2) is 4.68 Å². The lowest BCUT2D eigenvalue weighted by Gasteiger charge is -2.22. The van der Waals surface area contributed by atoms with E-state index >= 15 is 0 Å². The smallest absolute Gasteiger partial charge is 0.369 e. The highest BCUT2D eigenvalue weighted by atomic mass is 35.5. The normalized spacial score (nSPS) is 17.7. The molecule has 1 N–H and O–H groups in total. The minimum absolute atomic E-state index is 0.0423. The fourth-order valence-electron chi connectivity index (χ4n) is 1.70. The van der Waals surface area contributed by atoms with E-state index in [1.807, 2.05) is 0 Å². The molecular weight excluding hydrogens is 328 g/mol. The van der Waals surface area contributed by atoms with Crippen molar-refractivity contribution >= 4 is 17.3 Å². The van der Waals surface area contributed by atoms with Crippen LogP contribution in [0.3, 0.4) is 0 Å². The van der Waals surface area contributed by atoms with Crippen LogP contribution in [-0.4, -0.2) is 27.7 Å². The largest absolute Gasteiger partial charge is 0.411 e. The topological polar surface area (TPSA) is 46.9 Å². The van der Waals surface area contributed by atoms with E-state index in [4.69, 9.17) is 11.6 Å². The van der Waals surface area contributed by atoms with Crippen molar-refractivity contribution in [2.24, 2.45) is 0 Å². The van der Waals surface area contributed by atoms with Crippen LogP contribution in [0.4, 0.5) is 32.0 Å². The first-order valence-corrected chi connectivity index (χ1v) is 6.00. The Morgan fingerprint density at radius 3 is 2.29 bits per heavy atom. The molecule has 1 fully saturated rings. The number of nitrogens with zero attached hydrogens (tertiary/aromatic N) is 2. The van der Waals surface area contributed by atoms with Crippen LogP contribution in [-0.2, 0) is 6.54 Å². The van der Waals surface area contributed by atoms with Gasteiger partial charge in [-0.15, -0.1) is 0 Å². The van der Waals surface area contributed by atoms with Gasteiger partial charge in [0.25, 0.3) is 5.56 Å². The zero-order valence-corrected chi connectivity index (χ0v) is 10.9. The zero-order chi connectivity index (χ0) is 16.1. The van der Waals surface area contributed by atoms with Crippen molar-refractivity contribution in [2.75, 3.05) is 5.32 Å². The molecule has 1 aromatic heterocycles. The zero-order valence-electron chi connectivity index (χ0n) is 10.1. The van der Waals surface area contributed by atoms with E-state index < -0.39 is 40.7 Å². The number of nitrogens with one attached hydrogen (secondary N) is 1. The lowest BCUT2D eigenvalue weighted by atomic mass is 10.2. The van der Waals surface area contributed by atoms with Crippen molar-refractivity contribution in [1.82, 2.24) is 9.78 Å². The van der Waals surface area contributed by atoms with Gasteiger partial charge in [0.2, 0.25) is 0 Å². The summed E-state index contributed by atoms with van der Waals surface area (Å²) in [6, 6.07) is 0. The second kappa shape index (κ2) is 4.79. The Labute approximate surface area is 118 Å². The van der Waals surface area contributed by atoms with E-state index in [2.05, 4.69) is 10.4 Å². The number of aromatic nitrogens is 2. The molecule has 1 aliphatic carbocycles. The molecule has 2 rings (SSSR count). The fraction of sp³-hybridized carbons (Fsp3) is 0.600. The minimum Gasteiger partial charge on any atom is -0.369 e. The van der Waals surface area contributed by atoms with Gasteiger partial charge in [-0.05, 0) is 12.8 Å². The molecule has 11 heteroatoms. The van der Waals surface area contributed by atoms with Gasteiger partial charge in [0, 0.05) is 0 Å². The van der Waals surface area contributed by atoms with Gasteiger partial charge in [-0.3, -0.25) is 4.79 Å². The number of anilines is 1. The van der Waals surface area contributed by atoms with Crippen molar-refractivity contribution in [3.05, 3.63) is 21.6 Å². The summed E-state index contributed by atoms with van der Waals surface area (Å²) in [6.45, 7) is -1.67. The predicted molar refractivity (Wildman–Crippen MR) is 61.2 cm³/mol. The second-order valence-corrected chi connectivity index (χ2v) is 5.03. The van der Waals surface area contributed by atoms with Crippen LogP contribution < -0.4 is 10.9 Å². The third kappa shape index (κ3) is 3.25. The summed E-state index contributed by atoms with van der Waals surface area (Å²) in [5.41, 5.74) is -3.94. The molecule has 21 heavy (non-hydrogen) atoms. The monoisotopic (exact) mass is 335 g/mol. The van der Waals surface area contributed by atoms with Gasteiger partial charge < -0.3 is 5.32 Å². The third-order valence-corrected chi connectivity index (χ3v) is 3.35. The molecule has 1 aliphatic rings. The maximum atomic E-state index is 12.8. The molecule has 0 radical (unpaired) electrons. The van der Waals surface area contributed by atoms with Gasteiger partial charge in [-0.2, -0.15) is 31.4 Å². The van der Waals surface area contributed by atoms with E-state index in [0.717, 1.165) is 0 Å². The molecule has 1 heterocycles. The SMILES string of the molecule is O=c1c(Cl)c(NC2(C(F)(F)F)CC2)cnn1CC(F)(F)F. The second-order valence-electron chi connectivity index (χ2n) is 4.66. The van der Waals surface area contributed by atoms with Gasteiger partial charge in [0.05, 0.1) is 11.9 Å². The predicted octanol–water partition coefficient (Wildman–Crippen LogP) is 2.97. The summed E-state index contributed by atoms with van der Waals surface area (Å²) < 4.78 is 74.9. The molecule has 0 aliphatic heterocycles. The summed E-state index contributed by atoms with van der Waals surface area (Å²) in [4.78, 5) is 11.6.